The largest absolute Gasteiger partial charge is 0.508 e. The van der Waals surface area contributed by atoms with Gasteiger partial charge in [-0.25, -0.2) is 4.79 Å². The molecule has 2 aromatic rings. The Morgan fingerprint density at radius 1 is 1.00 bits per heavy atom. The van der Waals surface area contributed by atoms with Crippen molar-refractivity contribution in [2.75, 3.05) is 5.32 Å². The number of anilines is 1. The Bertz CT molecular complexity index is 1120. The number of phenolic OH excluding ortho intramolecular Hbond substituents is 1. The van der Waals surface area contributed by atoms with Crippen molar-refractivity contribution in [3.8, 4) is 5.75 Å². The molecule has 0 bridgehead atoms. The maximum absolute atomic E-state index is 13.9. The van der Waals surface area contributed by atoms with E-state index in [4.69, 9.17) is 4.74 Å². The predicted octanol–water partition coefficient (Wildman–Crippen LogP) is 5.54. The summed E-state index contributed by atoms with van der Waals surface area (Å²) >= 11 is 0. The zero-order valence-electron chi connectivity index (χ0n) is 23.4. The van der Waals surface area contributed by atoms with Gasteiger partial charge >= 0.3 is 6.09 Å². The molecule has 2 aromatic carbocycles. The number of hydrogen-bond acceptors (Lipinski definition) is 5. The van der Waals surface area contributed by atoms with Gasteiger partial charge in [0.1, 0.15) is 23.4 Å². The molecule has 202 valence electrons. The van der Waals surface area contributed by atoms with Crippen LogP contribution in [0.5, 0.6) is 5.75 Å². The van der Waals surface area contributed by atoms with Crippen molar-refractivity contribution in [2.45, 2.75) is 92.5 Å². The van der Waals surface area contributed by atoms with E-state index in [-0.39, 0.29) is 17.7 Å². The van der Waals surface area contributed by atoms with E-state index in [9.17, 15) is 19.5 Å². The average Bonchev–Trinajstić information content (AvgIpc) is 2.79. The molecule has 0 aliphatic carbocycles. The van der Waals surface area contributed by atoms with Crippen molar-refractivity contribution in [1.82, 2.24) is 10.2 Å². The minimum Gasteiger partial charge on any atom is -0.508 e. The molecular weight excluding hydrogens is 470 g/mol. The van der Waals surface area contributed by atoms with Crippen LogP contribution in [0.25, 0.3) is 0 Å². The van der Waals surface area contributed by atoms with Crippen LogP contribution in [0, 0.1) is 20.8 Å². The number of amides is 3. The van der Waals surface area contributed by atoms with E-state index in [2.05, 4.69) is 10.6 Å². The van der Waals surface area contributed by atoms with Crippen molar-refractivity contribution in [1.29, 1.82) is 0 Å². The summed E-state index contributed by atoms with van der Waals surface area (Å²) < 4.78 is 5.32. The number of para-hydroxylation sites is 1. The number of nitrogens with zero attached hydrogens (tertiary/aromatic N) is 1. The van der Waals surface area contributed by atoms with Crippen LogP contribution in [0.4, 0.5) is 10.5 Å². The van der Waals surface area contributed by atoms with E-state index < -0.39 is 29.7 Å². The summed E-state index contributed by atoms with van der Waals surface area (Å²) in [5.41, 5.74) is 2.90. The van der Waals surface area contributed by atoms with Crippen LogP contribution in [-0.2, 0) is 14.3 Å². The van der Waals surface area contributed by atoms with Gasteiger partial charge in [0.05, 0.1) is 0 Å². The van der Waals surface area contributed by atoms with E-state index in [1.807, 2.05) is 45.9 Å². The number of aryl methyl sites for hydroxylation is 3. The molecule has 3 atom stereocenters. The minimum atomic E-state index is -1.01. The highest BCUT2D eigenvalue weighted by Crippen LogP contribution is 2.31. The number of rotatable bonds is 8. The molecule has 8 heteroatoms. The summed E-state index contributed by atoms with van der Waals surface area (Å²) in [6.07, 6.45) is -0.135. The number of nitrogens with one attached hydrogen (secondary N) is 2. The third-order valence-electron chi connectivity index (χ3n) is 6.22. The van der Waals surface area contributed by atoms with Gasteiger partial charge in [0.2, 0.25) is 5.91 Å². The van der Waals surface area contributed by atoms with Gasteiger partial charge < -0.3 is 25.4 Å². The standard InChI is InChI=1S/C29H41N3O5/c1-10-20(5)32(27(35)21(6)30-28(36)37-29(7,8)9)25(22-14-15-23(33)19(4)16-22)26(34)31-24-17(2)12-11-13-18(24)3/h11-16,20-21,25,33H,10H2,1-9H3,(H,30,36)(H,31,34). The van der Waals surface area contributed by atoms with Gasteiger partial charge in [-0.3, -0.25) is 9.59 Å². The first-order valence-electron chi connectivity index (χ1n) is 12.6. The number of alkyl carbamates (subject to hydrolysis) is 1. The summed E-state index contributed by atoms with van der Waals surface area (Å²) in [7, 11) is 0. The van der Waals surface area contributed by atoms with Crippen molar-refractivity contribution in [2.24, 2.45) is 0 Å². The molecule has 37 heavy (non-hydrogen) atoms. The highest BCUT2D eigenvalue weighted by Gasteiger charge is 2.37. The fourth-order valence-electron chi connectivity index (χ4n) is 4.06. The Morgan fingerprint density at radius 3 is 2.11 bits per heavy atom. The van der Waals surface area contributed by atoms with Gasteiger partial charge in [-0.2, -0.15) is 0 Å². The molecule has 0 fully saturated rings. The zero-order chi connectivity index (χ0) is 28.1. The first kappa shape index (κ1) is 29.7. The molecule has 0 radical (unpaired) electrons. The predicted molar refractivity (Wildman–Crippen MR) is 146 cm³/mol. The molecule has 0 aliphatic rings. The summed E-state index contributed by atoms with van der Waals surface area (Å²) in [4.78, 5) is 41.7. The molecule has 0 saturated heterocycles. The van der Waals surface area contributed by atoms with E-state index in [1.165, 1.54) is 11.0 Å². The van der Waals surface area contributed by atoms with Crippen molar-refractivity contribution in [3.05, 3.63) is 58.7 Å². The second-order valence-corrected chi connectivity index (χ2v) is 10.6. The molecule has 0 aliphatic heterocycles. The Kier molecular flexibility index (Phi) is 9.73. The molecule has 0 aromatic heterocycles. The SMILES string of the molecule is CCC(C)N(C(=O)C(C)NC(=O)OC(C)(C)C)C(C(=O)Nc1c(C)cccc1C)c1ccc(O)c(C)c1. The fraction of sp³-hybridized carbons (Fsp3) is 0.483. The van der Waals surface area contributed by atoms with E-state index in [0.717, 1.165) is 11.1 Å². The van der Waals surface area contributed by atoms with Gasteiger partial charge in [-0.05, 0) is 96.2 Å². The van der Waals surface area contributed by atoms with Crippen LogP contribution < -0.4 is 10.6 Å². The number of benzene rings is 2. The number of aromatic hydroxyl groups is 1. The number of ether oxygens (including phenoxy) is 1. The van der Waals surface area contributed by atoms with Gasteiger partial charge in [0.25, 0.3) is 5.91 Å². The normalized spacial score (nSPS) is 13.8. The third kappa shape index (κ3) is 7.71. The van der Waals surface area contributed by atoms with Crippen molar-refractivity contribution in [3.63, 3.8) is 0 Å². The van der Waals surface area contributed by atoms with Gasteiger partial charge in [-0.1, -0.05) is 31.2 Å². The monoisotopic (exact) mass is 511 g/mol. The number of carbonyl (C=O) groups excluding carboxylic acids is 3. The average molecular weight is 512 g/mol. The maximum Gasteiger partial charge on any atom is 0.408 e. The zero-order valence-corrected chi connectivity index (χ0v) is 23.4. The minimum absolute atomic E-state index is 0.0963. The van der Waals surface area contributed by atoms with E-state index >= 15 is 0 Å². The lowest BCUT2D eigenvalue weighted by Gasteiger charge is -2.38. The molecule has 0 saturated carbocycles. The quantitative estimate of drug-likeness (QED) is 0.431. The summed E-state index contributed by atoms with van der Waals surface area (Å²) in [5.74, 6) is -0.716. The number of hydrogen-bond donors (Lipinski definition) is 3. The van der Waals surface area contributed by atoms with Crippen LogP contribution in [0.2, 0.25) is 0 Å². The molecule has 3 amide bonds. The first-order valence-corrected chi connectivity index (χ1v) is 12.6. The Balaban J connectivity index is 2.55. The van der Waals surface area contributed by atoms with Gasteiger partial charge in [0.15, 0.2) is 0 Å². The molecule has 3 unspecified atom stereocenters. The number of phenols is 1. The van der Waals surface area contributed by atoms with Crippen LogP contribution in [0.3, 0.4) is 0 Å². The van der Waals surface area contributed by atoms with Crippen molar-refractivity contribution < 1.29 is 24.2 Å². The summed E-state index contributed by atoms with van der Waals surface area (Å²) in [6.45, 7) is 16.2. The van der Waals surface area contributed by atoms with Crippen LogP contribution >= 0.6 is 0 Å². The molecule has 2 rings (SSSR count). The highest BCUT2D eigenvalue weighted by molar-refractivity contribution is 6.00. The van der Waals surface area contributed by atoms with Crippen LogP contribution in [-0.4, -0.2) is 45.6 Å². The van der Waals surface area contributed by atoms with Gasteiger partial charge in [0, 0.05) is 11.7 Å². The summed E-state index contributed by atoms with van der Waals surface area (Å²) in [6, 6.07) is 8.31. The lowest BCUT2D eigenvalue weighted by atomic mass is 9.97. The Morgan fingerprint density at radius 2 is 1.59 bits per heavy atom. The van der Waals surface area contributed by atoms with Crippen LogP contribution in [0.1, 0.15) is 76.3 Å². The van der Waals surface area contributed by atoms with E-state index in [1.54, 1.807) is 46.8 Å². The topological polar surface area (TPSA) is 108 Å². The van der Waals surface area contributed by atoms with Crippen molar-refractivity contribution >= 4 is 23.6 Å². The second kappa shape index (κ2) is 12.1. The molecule has 0 heterocycles. The molecule has 3 N–H and O–H groups in total. The lowest BCUT2D eigenvalue weighted by Crippen LogP contribution is -2.53. The van der Waals surface area contributed by atoms with E-state index in [0.29, 0.717) is 23.2 Å². The maximum atomic E-state index is 13.9. The second-order valence-electron chi connectivity index (χ2n) is 10.6. The Hall–Kier alpha value is -3.55. The number of carbonyl (C=O) groups is 3. The summed E-state index contributed by atoms with van der Waals surface area (Å²) in [5, 5.41) is 15.7. The lowest BCUT2D eigenvalue weighted by molar-refractivity contribution is -0.143. The van der Waals surface area contributed by atoms with Crippen LogP contribution in [0.15, 0.2) is 36.4 Å². The smallest absolute Gasteiger partial charge is 0.408 e. The fourth-order valence-corrected chi connectivity index (χ4v) is 4.06. The first-order chi connectivity index (χ1) is 17.2. The molecular formula is C29H41N3O5. The molecule has 8 nitrogen and oxygen atoms in total. The highest BCUT2D eigenvalue weighted by atomic mass is 16.6. The van der Waals surface area contributed by atoms with Gasteiger partial charge in [-0.15, -0.1) is 0 Å². The Labute approximate surface area is 220 Å². The third-order valence-corrected chi connectivity index (χ3v) is 6.22. The molecule has 0 spiro atoms.